The minimum Gasteiger partial charge on any atom is -0.334 e. The number of nitrogens with one attached hydrogen (secondary N) is 3. The van der Waals surface area contributed by atoms with Crippen molar-refractivity contribution in [2.24, 2.45) is 0 Å². The molecule has 3 N–H and O–H groups in total. The Balaban J connectivity index is 1.47. The van der Waals surface area contributed by atoms with Crippen LogP contribution in [0.4, 0.5) is 10.5 Å². The minimum absolute atomic E-state index is 0.177. The largest absolute Gasteiger partial charge is 0.334 e. The number of likely N-dealkylation sites (tertiary alicyclic amines) is 1. The van der Waals surface area contributed by atoms with Crippen LogP contribution in [0.1, 0.15) is 18.4 Å². The first-order chi connectivity index (χ1) is 13.5. The van der Waals surface area contributed by atoms with E-state index in [1.165, 1.54) is 25.0 Å². The van der Waals surface area contributed by atoms with Gasteiger partial charge in [0.1, 0.15) is 0 Å². The lowest BCUT2D eigenvalue weighted by Gasteiger charge is -2.15. The Morgan fingerprint density at radius 2 is 1.71 bits per heavy atom. The second-order valence-electron chi connectivity index (χ2n) is 6.63. The molecule has 0 aliphatic carbocycles. The van der Waals surface area contributed by atoms with Gasteiger partial charge in [0.15, 0.2) is 0 Å². The maximum absolute atomic E-state index is 12.4. The Labute approximate surface area is 165 Å². The Bertz CT molecular complexity index is 866. The summed E-state index contributed by atoms with van der Waals surface area (Å²) in [6.07, 6.45) is 5.68. The van der Waals surface area contributed by atoms with Gasteiger partial charge in [0.05, 0.1) is 4.90 Å². The number of rotatable bonds is 8. The summed E-state index contributed by atoms with van der Waals surface area (Å²) in [6, 6.07) is 9.37. The molecule has 0 saturated carbocycles. The second kappa shape index (κ2) is 9.63. The zero-order valence-electron chi connectivity index (χ0n) is 15.6. The van der Waals surface area contributed by atoms with Crippen LogP contribution in [0, 0.1) is 0 Å². The molecule has 1 aromatic heterocycles. The molecule has 1 aromatic carbocycles. The van der Waals surface area contributed by atoms with E-state index >= 15 is 0 Å². The van der Waals surface area contributed by atoms with E-state index < -0.39 is 10.0 Å². The summed E-state index contributed by atoms with van der Waals surface area (Å²) < 4.78 is 27.4. The quantitative estimate of drug-likeness (QED) is 0.623. The Morgan fingerprint density at radius 1 is 1.04 bits per heavy atom. The van der Waals surface area contributed by atoms with E-state index in [2.05, 4.69) is 25.2 Å². The number of aromatic nitrogens is 1. The minimum atomic E-state index is -3.55. The van der Waals surface area contributed by atoms with Crippen LogP contribution in [0.15, 0.2) is 53.7 Å². The van der Waals surface area contributed by atoms with E-state index in [4.69, 9.17) is 0 Å². The number of sulfonamides is 1. The lowest BCUT2D eigenvalue weighted by Crippen LogP contribution is -2.33. The summed E-state index contributed by atoms with van der Waals surface area (Å²) >= 11 is 0. The van der Waals surface area contributed by atoms with Crippen molar-refractivity contribution < 1.29 is 13.2 Å². The van der Waals surface area contributed by atoms with E-state index in [0.29, 0.717) is 18.8 Å². The van der Waals surface area contributed by atoms with Gasteiger partial charge in [-0.1, -0.05) is 0 Å². The molecule has 0 atom stereocenters. The molecule has 2 heterocycles. The van der Waals surface area contributed by atoms with Crippen molar-refractivity contribution in [2.45, 2.75) is 24.3 Å². The normalized spacial score (nSPS) is 14.7. The number of nitrogens with zero attached hydrogens (tertiary/aromatic N) is 2. The van der Waals surface area contributed by atoms with E-state index in [9.17, 15) is 13.2 Å². The van der Waals surface area contributed by atoms with Crippen molar-refractivity contribution in [1.82, 2.24) is 19.9 Å². The van der Waals surface area contributed by atoms with Crippen LogP contribution < -0.4 is 15.4 Å². The monoisotopic (exact) mass is 403 g/mol. The molecule has 8 nitrogen and oxygen atoms in total. The van der Waals surface area contributed by atoms with E-state index in [-0.39, 0.29) is 10.9 Å². The maximum Gasteiger partial charge on any atom is 0.319 e. The fourth-order valence-corrected chi connectivity index (χ4v) is 4.02. The van der Waals surface area contributed by atoms with Gasteiger partial charge >= 0.3 is 6.03 Å². The third kappa shape index (κ3) is 6.01. The molecule has 150 valence electrons. The first kappa shape index (κ1) is 20.2. The summed E-state index contributed by atoms with van der Waals surface area (Å²) in [5.41, 5.74) is 1.45. The maximum atomic E-state index is 12.4. The van der Waals surface area contributed by atoms with Gasteiger partial charge in [0.2, 0.25) is 10.0 Å². The number of carbonyl (C=O) groups is 1. The Morgan fingerprint density at radius 3 is 2.39 bits per heavy atom. The van der Waals surface area contributed by atoms with Crippen molar-refractivity contribution in [3.63, 3.8) is 0 Å². The highest BCUT2D eigenvalue weighted by Gasteiger charge is 2.16. The number of urea groups is 1. The van der Waals surface area contributed by atoms with E-state index in [1.54, 1.807) is 24.5 Å². The number of amides is 2. The molecule has 0 bridgehead atoms. The number of benzene rings is 1. The smallest absolute Gasteiger partial charge is 0.319 e. The van der Waals surface area contributed by atoms with Crippen LogP contribution in [-0.4, -0.2) is 50.5 Å². The number of carbonyl (C=O) groups excluding carboxylic acids is 1. The van der Waals surface area contributed by atoms with Crippen LogP contribution >= 0.6 is 0 Å². The van der Waals surface area contributed by atoms with Crippen LogP contribution in [0.5, 0.6) is 0 Å². The molecule has 1 aliphatic heterocycles. The first-order valence-corrected chi connectivity index (χ1v) is 10.8. The predicted octanol–water partition coefficient (Wildman–Crippen LogP) is 1.78. The molecule has 2 aromatic rings. The standard InChI is InChI=1S/C19H25N5O3S/c25-19(21-15-16-7-9-20-10-8-16)23-17-3-5-18(6-4-17)28(26,27)22-11-14-24-12-1-2-13-24/h3-10,22H,1-2,11-15H2,(H2,21,23,25). The summed E-state index contributed by atoms with van der Waals surface area (Å²) in [5, 5.41) is 5.42. The molecule has 0 unspecified atom stereocenters. The summed E-state index contributed by atoms with van der Waals surface area (Å²) in [7, 11) is -3.55. The van der Waals surface area contributed by atoms with E-state index in [0.717, 1.165) is 25.2 Å². The van der Waals surface area contributed by atoms with Gasteiger partial charge in [0, 0.05) is 37.7 Å². The number of pyridine rings is 1. The molecule has 2 amide bonds. The first-order valence-electron chi connectivity index (χ1n) is 9.29. The molecule has 1 fully saturated rings. The lowest BCUT2D eigenvalue weighted by molar-refractivity contribution is 0.251. The topological polar surface area (TPSA) is 103 Å². The average molecular weight is 404 g/mol. The van der Waals surface area contributed by atoms with Crippen molar-refractivity contribution in [2.75, 3.05) is 31.5 Å². The zero-order valence-corrected chi connectivity index (χ0v) is 16.4. The van der Waals surface area contributed by atoms with Crippen molar-refractivity contribution in [1.29, 1.82) is 0 Å². The molecule has 9 heteroatoms. The highest BCUT2D eigenvalue weighted by atomic mass is 32.2. The van der Waals surface area contributed by atoms with Gasteiger partial charge < -0.3 is 15.5 Å². The zero-order chi connectivity index (χ0) is 19.8. The molecule has 28 heavy (non-hydrogen) atoms. The van der Waals surface area contributed by atoms with Gasteiger partial charge in [-0.2, -0.15) is 0 Å². The van der Waals surface area contributed by atoms with Gasteiger partial charge in [-0.25, -0.2) is 17.9 Å². The van der Waals surface area contributed by atoms with Gasteiger partial charge in [-0.15, -0.1) is 0 Å². The van der Waals surface area contributed by atoms with Crippen LogP contribution in [0.25, 0.3) is 0 Å². The van der Waals surface area contributed by atoms with E-state index in [1.807, 2.05) is 12.1 Å². The molecular weight excluding hydrogens is 378 g/mol. The number of hydrogen-bond donors (Lipinski definition) is 3. The van der Waals surface area contributed by atoms with Gasteiger partial charge in [-0.3, -0.25) is 4.98 Å². The van der Waals surface area contributed by atoms with Crippen molar-refractivity contribution in [3.05, 3.63) is 54.4 Å². The summed E-state index contributed by atoms with van der Waals surface area (Å²) in [5.74, 6) is 0. The van der Waals surface area contributed by atoms with Crippen LogP contribution in [0.2, 0.25) is 0 Å². The molecule has 3 rings (SSSR count). The second-order valence-corrected chi connectivity index (χ2v) is 8.40. The van der Waals surface area contributed by atoms with Crippen LogP contribution in [-0.2, 0) is 16.6 Å². The summed E-state index contributed by atoms with van der Waals surface area (Å²) in [6.45, 7) is 3.55. The number of anilines is 1. The molecule has 1 aliphatic rings. The van der Waals surface area contributed by atoms with Crippen molar-refractivity contribution >= 4 is 21.7 Å². The molecular formula is C19H25N5O3S. The Kier molecular flexibility index (Phi) is 6.96. The fourth-order valence-electron chi connectivity index (χ4n) is 3.00. The third-order valence-electron chi connectivity index (χ3n) is 4.54. The third-order valence-corrected chi connectivity index (χ3v) is 6.02. The average Bonchev–Trinajstić information content (AvgIpc) is 3.21. The molecule has 0 radical (unpaired) electrons. The number of hydrogen-bond acceptors (Lipinski definition) is 5. The Hall–Kier alpha value is -2.49. The SMILES string of the molecule is O=C(NCc1ccncc1)Nc1ccc(S(=O)(=O)NCCN2CCCC2)cc1. The molecule has 0 spiro atoms. The van der Waals surface area contributed by atoms with Gasteiger partial charge in [-0.05, 0) is 67.9 Å². The predicted molar refractivity (Wildman–Crippen MR) is 107 cm³/mol. The van der Waals surface area contributed by atoms with Crippen molar-refractivity contribution in [3.8, 4) is 0 Å². The fraction of sp³-hybridized carbons (Fsp3) is 0.368. The highest BCUT2D eigenvalue weighted by molar-refractivity contribution is 7.89. The lowest BCUT2D eigenvalue weighted by atomic mass is 10.3. The molecule has 1 saturated heterocycles. The van der Waals surface area contributed by atoms with Gasteiger partial charge in [0.25, 0.3) is 0 Å². The summed E-state index contributed by atoms with van der Waals surface area (Å²) in [4.78, 5) is 18.3. The highest BCUT2D eigenvalue weighted by Crippen LogP contribution is 2.14. The van der Waals surface area contributed by atoms with Crippen LogP contribution in [0.3, 0.4) is 0 Å².